The zero-order chi connectivity index (χ0) is 20.4. The summed E-state index contributed by atoms with van der Waals surface area (Å²) in [5.74, 6) is 0.339. The number of nitrogens with zero attached hydrogens (tertiary/aromatic N) is 2. The molecule has 2 amide bonds. The van der Waals surface area contributed by atoms with E-state index in [9.17, 15) is 9.59 Å². The largest absolute Gasteiger partial charge is 0.479 e. The zero-order valence-corrected chi connectivity index (χ0v) is 17.6. The van der Waals surface area contributed by atoms with Gasteiger partial charge in [-0.1, -0.05) is 0 Å². The van der Waals surface area contributed by atoms with Crippen molar-refractivity contribution in [2.24, 2.45) is 0 Å². The molecule has 1 aromatic heterocycles. The summed E-state index contributed by atoms with van der Waals surface area (Å²) in [6, 6.07) is 8.53. The normalized spacial score (nSPS) is 19.6. The fourth-order valence-electron chi connectivity index (χ4n) is 3.41. The Labute approximate surface area is 176 Å². The predicted octanol–water partition coefficient (Wildman–Crippen LogP) is 2.74. The van der Waals surface area contributed by atoms with Gasteiger partial charge in [-0.15, -0.1) is 0 Å². The van der Waals surface area contributed by atoms with E-state index in [0.717, 1.165) is 32.8 Å². The summed E-state index contributed by atoms with van der Waals surface area (Å²) in [4.78, 5) is 29.0. The highest BCUT2D eigenvalue weighted by Gasteiger charge is 2.32. The first-order chi connectivity index (χ1) is 14.0. The number of nitrogens with one attached hydrogen (secondary N) is 1. The molecule has 1 unspecified atom stereocenters. The summed E-state index contributed by atoms with van der Waals surface area (Å²) < 4.78 is 16.9. The van der Waals surface area contributed by atoms with Gasteiger partial charge < -0.3 is 24.1 Å². The smallest absolute Gasteiger partial charge is 0.291 e. The molecule has 154 valence electrons. The van der Waals surface area contributed by atoms with Crippen LogP contribution in [0.4, 0.5) is 11.4 Å². The average molecular weight is 464 g/mol. The zero-order valence-electron chi connectivity index (χ0n) is 16.0. The molecule has 9 heteroatoms. The Kier molecular flexibility index (Phi) is 5.89. The lowest BCUT2D eigenvalue weighted by atomic mass is 10.1. The van der Waals surface area contributed by atoms with Gasteiger partial charge in [0, 0.05) is 37.9 Å². The third-order valence-electron chi connectivity index (χ3n) is 4.97. The molecule has 0 spiro atoms. The van der Waals surface area contributed by atoms with E-state index in [0.29, 0.717) is 28.3 Å². The number of carbonyl (C=O) groups is 2. The first kappa shape index (κ1) is 19.9. The summed E-state index contributed by atoms with van der Waals surface area (Å²) in [5, 5.41) is 2.79. The molecule has 2 aliphatic rings. The summed E-state index contributed by atoms with van der Waals surface area (Å²) in [5.41, 5.74) is 1.27. The van der Waals surface area contributed by atoms with E-state index < -0.39 is 6.10 Å². The van der Waals surface area contributed by atoms with E-state index in [2.05, 4.69) is 26.1 Å². The first-order valence-electron chi connectivity index (χ1n) is 9.50. The minimum absolute atomic E-state index is 0.0667. The lowest BCUT2D eigenvalue weighted by molar-refractivity contribution is -0.125. The van der Waals surface area contributed by atoms with Crippen LogP contribution < -0.4 is 15.0 Å². The van der Waals surface area contributed by atoms with Crippen molar-refractivity contribution in [2.45, 2.75) is 13.0 Å². The Morgan fingerprint density at radius 2 is 2.00 bits per heavy atom. The number of rotatable bonds is 5. The van der Waals surface area contributed by atoms with Crippen molar-refractivity contribution in [1.82, 2.24) is 4.90 Å². The quantitative estimate of drug-likeness (QED) is 0.733. The molecular formula is C20H22BrN3O5. The van der Waals surface area contributed by atoms with Crippen LogP contribution in [-0.4, -0.2) is 62.2 Å². The van der Waals surface area contributed by atoms with Gasteiger partial charge in [-0.2, -0.15) is 0 Å². The summed E-state index contributed by atoms with van der Waals surface area (Å²) in [7, 11) is 0. The van der Waals surface area contributed by atoms with E-state index >= 15 is 0 Å². The third-order valence-corrected chi connectivity index (χ3v) is 5.39. The number of furan rings is 1. The third kappa shape index (κ3) is 4.47. The Bertz CT molecular complexity index is 909. The Balaban J connectivity index is 1.49. The molecule has 0 bridgehead atoms. The molecule has 8 nitrogen and oxygen atoms in total. The van der Waals surface area contributed by atoms with Gasteiger partial charge >= 0.3 is 0 Å². The molecule has 4 rings (SSSR count). The minimum atomic E-state index is -0.584. The SMILES string of the molecule is CC1Oc2cc(NC(=O)c3ccc(Br)o3)ccc2N(CCN2CCOCC2)C1=O. The van der Waals surface area contributed by atoms with Gasteiger partial charge in [0.2, 0.25) is 0 Å². The number of morpholine rings is 1. The molecule has 2 aliphatic heterocycles. The molecular weight excluding hydrogens is 442 g/mol. The molecule has 1 N–H and O–H groups in total. The Hall–Kier alpha value is -2.36. The van der Waals surface area contributed by atoms with Crippen LogP contribution in [0, 0.1) is 0 Å². The highest BCUT2D eigenvalue weighted by Crippen LogP contribution is 2.36. The van der Waals surface area contributed by atoms with Gasteiger partial charge in [-0.05, 0) is 47.1 Å². The first-order valence-corrected chi connectivity index (χ1v) is 10.3. The van der Waals surface area contributed by atoms with Crippen LogP contribution >= 0.6 is 15.9 Å². The van der Waals surface area contributed by atoms with Gasteiger partial charge in [0.1, 0.15) is 5.75 Å². The molecule has 1 atom stereocenters. The Morgan fingerprint density at radius 3 is 2.72 bits per heavy atom. The highest BCUT2D eigenvalue weighted by atomic mass is 79.9. The van der Waals surface area contributed by atoms with Gasteiger partial charge in [-0.25, -0.2) is 0 Å². The van der Waals surface area contributed by atoms with Crippen molar-refractivity contribution in [3.05, 3.63) is 40.8 Å². The average Bonchev–Trinajstić information content (AvgIpc) is 3.16. The molecule has 3 heterocycles. The van der Waals surface area contributed by atoms with E-state index in [-0.39, 0.29) is 17.6 Å². The lowest BCUT2D eigenvalue weighted by Crippen LogP contribution is -2.48. The van der Waals surface area contributed by atoms with Crippen LogP contribution in [0.15, 0.2) is 39.4 Å². The van der Waals surface area contributed by atoms with Crippen molar-refractivity contribution < 1.29 is 23.5 Å². The van der Waals surface area contributed by atoms with Gasteiger partial charge in [0.05, 0.1) is 18.9 Å². The predicted molar refractivity (Wildman–Crippen MR) is 111 cm³/mol. The molecule has 0 saturated carbocycles. The van der Waals surface area contributed by atoms with Crippen LogP contribution in [0.3, 0.4) is 0 Å². The number of hydrogen-bond acceptors (Lipinski definition) is 6. The van der Waals surface area contributed by atoms with Crippen molar-refractivity contribution in [2.75, 3.05) is 49.6 Å². The van der Waals surface area contributed by atoms with Crippen LogP contribution in [0.5, 0.6) is 5.75 Å². The van der Waals surface area contributed by atoms with Crippen LogP contribution in [-0.2, 0) is 9.53 Å². The molecule has 1 saturated heterocycles. The number of benzene rings is 1. The molecule has 2 aromatic rings. The van der Waals surface area contributed by atoms with E-state index in [1.165, 1.54) is 0 Å². The van der Waals surface area contributed by atoms with Crippen LogP contribution in [0.1, 0.15) is 17.5 Å². The number of fused-ring (bicyclic) bond motifs is 1. The molecule has 1 aromatic carbocycles. The van der Waals surface area contributed by atoms with Crippen molar-refractivity contribution in [3.63, 3.8) is 0 Å². The van der Waals surface area contributed by atoms with Gasteiger partial charge in [0.25, 0.3) is 11.8 Å². The van der Waals surface area contributed by atoms with Gasteiger partial charge in [-0.3, -0.25) is 14.5 Å². The maximum absolute atomic E-state index is 12.7. The topological polar surface area (TPSA) is 84.2 Å². The molecule has 29 heavy (non-hydrogen) atoms. The van der Waals surface area contributed by atoms with E-state index in [1.807, 2.05) is 0 Å². The molecule has 0 aliphatic carbocycles. The maximum atomic E-state index is 12.7. The van der Waals surface area contributed by atoms with Crippen molar-refractivity contribution >= 4 is 39.1 Å². The second kappa shape index (κ2) is 8.56. The number of amides is 2. The second-order valence-electron chi connectivity index (χ2n) is 6.94. The monoisotopic (exact) mass is 463 g/mol. The standard InChI is InChI=1S/C20H22BrN3O5/c1-13-20(26)24(7-6-23-8-10-27-11-9-23)15-3-2-14(12-17(15)28-13)22-19(25)16-4-5-18(21)29-16/h2-5,12-13H,6-11H2,1H3,(H,22,25). The minimum Gasteiger partial charge on any atom is -0.479 e. The number of carbonyl (C=O) groups excluding carboxylic acids is 2. The van der Waals surface area contributed by atoms with Crippen molar-refractivity contribution in [1.29, 1.82) is 0 Å². The highest BCUT2D eigenvalue weighted by molar-refractivity contribution is 9.10. The van der Waals surface area contributed by atoms with E-state index in [4.69, 9.17) is 13.9 Å². The number of hydrogen-bond donors (Lipinski definition) is 1. The Morgan fingerprint density at radius 1 is 1.21 bits per heavy atom. The van der Waals surface area contributed by atoms with Crippen molar-refractivity contribution in [3.8, 4) is 5.75 Å². The van der Waals surface area contributed by atoms with Crippen LogP contribution in [0.25, 0.3) is 0 Å². The van der Waals surface area contributed by atoms with Crippen LogP contribution in [0.2, 0.25) is 0 Å². The number of halogens is 1. The fraction of sp³-hybridized carbons (Fsp3) is 0.400. The molecule has 0 radical (unpaired) electrons. The molecule has 1 fully saturated rings. The maximum Gasteiger partial charge on any atom is 0.291 e. The van der Waals surface area contributed by atoms with E-state index in [1.54, 1.807) is 42.2 Å². The number of anilines is 2. The van der Waals surface area contributed by atoms with Gasteiger partial charge in [0.15, 0.2) is 16.5 Å². The number of ether oxygens (including phenoxy) is 2. The fourth-order valence-corrected chi connectivity index (χ4v) is 3.72. The summed E-state index contributed by atoms with van der Waals surface area (Å²) in [6.45, 7) is 6.26. The lowest BCUT2D eigenvalue weighted by Gasteiger charge is -2.35. The summed E-state index contributed by atoms with van der Waals surface area (Å²) >= 11 is 3.18. The summed E-state index contributed by atoms with van der Waals surface area (Å²) in [6.07, 6.45) is -0.584. The second-order valence-corrected chi connectivity index (χ2v) is 7.73.